The molecular formula is C10H14BrN3O. The Morgan fingerprint density at radius 3 is 2.87 bits per heavy atom. The van der Waals surface area contributed by atoms with E-state index in [1.54, 1.807) is 12.1 Å². The molecule has 0 aromatic carbocycles. The Hall–Kier alpha value is -0.940. The molecule has 1 atom stereocenters. The lowest BCUT2D eigenvalue weighted by atomic mass is 10.2. The van der Waals surface area contributed by atoms with Gasteiger partial charge < -0.3 is 11.1 Å². The van der Waals surface area contributed by atoms with Crippen molar-refractivity contribution in [3.8, 4) is 0 Å². The Labute approximate surface area is 97.4 Å². The molecular weight excluding hydrogens is 258 g/mol. The van der Waals surface area contributed by atoms with Crippen LogP contribution in [0.1, 0.15) is 19.0 Å². The molecule has 0 fully saturated rings. The number of aryl methyl sites for hydroxylation is 1. The summed E-state index contributed by atoms with van der Waals surface area (Å²) in [5.74, 6) is -0.176. The minimum absolute atomic E-state index is 0.176. The molecule has 4 nitrogen and oxygen atoms in total. The Kier molecular flexibility index (Phi) is 4.23. The van der Waals surface area contributed by atoms with Gasteiger partial charge in [-0.1, -0.05) is 6.92 Å². The molecule has 0 aliphatic rings. The van der Waals surface area contributed by atoms with Gasteiger partial charge >= 0.3 is 0 Å². The van der Waals surface area contributed by atoms with Crippen molar-refractivity contribution in [1.29, 1.82) is 0 Å². The molecule has 1 aromatic heterocycles. The maximum atomic E-state index is 11.5. The smallest absolute Gasteiger partial charge is 0.241 e. The summed E-state index contributed by atoms with van der Waals surface area (Å²) in [7, 11) is 0. The lowest BCUT2D eigenvalue weighted by Crippen LogP contribution is -2.35. The number of carbonyl (C=O) groups excluding carboxylic acids is 1. The molecule has 0 saturated carbocycles. The van der Waals surface area contributed by atoms with Gasteiger partial charge in [-0.25, -0.2) is 4.98 Å². The number of hydrogen-bond donors (Lipinski definition) is 2. The van der Waals surface area contributed by atoms with Gasteiger partial charge in [-0.05, 0) is 41.4 Å². The lowest BCUT2D eigenvalue weighted by molar-refractivity contribution is -0.117. The van der Waals surface area contributed by atoms with Crippen molar-refractivity contribution >= 4 is 27.5 Å². The Bertz CT molecular complexity index is 368. The van der Waals surface area contributed by atoms with E-state index in [0.717, 1.165) is 10.3 Å². The first-order valence-corrected chi connectivity index (χ1v) is 5.53. The molecule has 15 heavy (non-hydrogen) atoms. The number of amides is 1. The molecule has 5 heteroatoms. The van der Waals surface area contributed by atoms with Crippen LogP contribution in [0.3, 0.4) is 0 Å². The highest BCUT2D eigenvalue weighted by molar-refractivity contribution is 9.10. The van der Waals surface area contributed by atoms with Crippen molar-refractivity contribution in [1.82, 2.24) is 4.98 Å². The quantitative estimate of drug-likeness (QED) is 0.825. The molecule has 0 spiro atoms. The molecule has 0 aliphatic carbocycles. The number of nitrogens with zero attached hydrogens (tertiary/aromatic N) is 1. The number of anilines is 1. The van der Waals surface area contributed by atoms with E-state index in [9.17, 15) is 4.79 Å². The summed E-state index contributed by atoms with van der Waals surface area (Å²) in [4.78, 5) is 15.7. The SMILES string of the molecule is CCC(N)C(=O)Nc1ccc(Br)nc1C. The summed E-state index contributed by atoms with van der Waals surface area (Å²) >= 11 is 3.26. The Morgan fingerprint density at radius 1 is 1.67 bits per heavy atom. The van der Waals surface area contributed by atoms with E-state index in [2.05, 4.69) is 26.2 Å². The monoisotopic (exact) mass is 271 g/mol. The number of hydrogen-bond acceptors (Lipinski definition) is 3. The normalized spacial score (nSPS) is 12.3. The van der Waals surface area contributed by atoms with Gasteiger partial charge in [0.25, 0.3) is 0 Å². The first kappa shape index (κ1) is 12.1. The third-order valence-electron chi connectivity index (χ3n) is 2.09. The van der Waals surface area contributed by atoms with Gasteiger partial charge in [-0.3, -0.25) is 4.79 Å². The van der Waals surface area contributed by atoms with E-state index >= 15 is 0 Å². The van der Waals surface area contributed by atoms with Crippen LogP contribution in [0.25, 0.3) is 0 Å². The van der Waals surface area contributed by atoms with Crippen molar-refractivity contribution in [2.75, 3.05) is 5.32 Å². The summed E-state index contributed by atoms with van der Waals surface area (Å²) in [6.45, 7) is 3.70. The zero-order chi connectivity index (χ0) is 11.4. The molecule has 3 N–H and O–H groups in total. The van der Waals surface area contributed by atoms with Gasteiger partial charge in [0.1, 0.15) is 4.60 Å². The van der Waals surface area contributed by atoms with E-state index in [0.29, 0.717) is 12.1 Å². The zero-order valence-electron chi connectivity index (χ0n) is 8.75. The largest absolute Gasteiger partial charge is 0.323 e. The van der Waals surface area contributed by atoms with E-state index in [1.807, 2.05) is 13.8 Å². The number of carbonyl (C=O) groups is 1. The first-order valence-electron chi connectivity index (χ1n) is 4.74. The van der Waals surface area contributed by atoms with E-state index < -0.39 is 6.04 Å². The van der Waals surface area contributed by atoms with Crippen LogP contribution >= 0.6 is 15.9 Å². The summed E-state index contributed by atoms with van der Waals surface area (Å²) in [5.41, 5.74) is 7.07. The van der Waals surface area contributed by atoms with Crippen LogP contribution in [0.15, 0.2) is 16.7 Å². The predicted molar refractivity (Wildman–Crippen MR) is 63.6 cm³/mol. The Balaban J connectivity index is 2.77. The average Bonchev–Trinajstić information content (AvgIpc) is 2.20. The van der Waals surface area contributed by atoms with Crippen LogP contribution < -0.4 is 11.1 Å². The van der Waals surface area contributed by atoms with Crippen LogP contribution in [-0.4, -0.2) is 16.9 Å². The second-order valence-corrected chi connectivity index (χ2v) is 4.08. The number of rotatable bonds is 3. The molecule has 1 amide bonds. The predicted octanol–water partition coefficient (Wildman–Crippen LogP) is 1.83. The summed E-state index contributed by atoms with van der Waals surface area (Å²) < 4.78 is 0.748. The van der Waals surface area contributed by atoms with E-state index in [1.165, 1.54) is 0 Å². The number of halogens is 1. The first-order chi connectivity index (χ1) is 7.04. The molecule has 0 radical (unpaired) electrons. The molecule has 0 bridgehead atoms. The number of aromatic nitrogens is 1. The maximum absolute atomic E-state index is 11.5. The third-order valence-corrected chi connectivity index (χ3v) is 2.53. The van der Waals surface area contributed by atoms with Crippen LogP contribution in [0, 0.1) is 6.92 Å². The summed E-state index contributed by atoms with van der Waals surface area (Å²) in [5, 5.41) is 2.74. The second-order valence-electron chi connectivity index (χ2n) is 3.27. The molecule has 82 valence electrons. The van der Waals surface area contributed by atoms with Crippen molar-refractivity contribution in [2.45, 2.75) is 26.3 Å². The number of pyridine rings is 1. The number of nitrogens with one attached hydrogen (secondary N) is 1. The molecule has 1 heterocycles. The zero-order valence-corrected chi connectivity index (χ0v) is 10.3. The molecule has 1 unspecified atom stereocenters. The number of nitrogens with two attached hydrogens (primary N) is 1. The minimum atomic E-state index is -0.465. The second kappa shape index (κ2) is 5.23. The van der Waals surface area contributed by atoms with Crippen molar-refractivity contribution < 1.29 is 4.79 Å². The molecule has 0 aliphatic heterocycles. The Morgan fingerprint density at radius 2 is 2.33 bits per heavy atom. The van der Waals surface area contributed by atoms with Gasteiger partial charge in [0.15, 0.2) is 0 Å². The van der Waals surface area contributed by atoms with Gasteiger partial charge in [-0.2, -0.15) is 0 Å². The highest BCUT2D eigenvalue weighted by atomic mass is 79.9. The van der Waals surface area contributed by atoms with Crippen molar-refractivity contribution in [2.24, 2.45) is 5.73 Å². The van der Waals surface area contributed by atoms with E-state index in [4.69, 9.17) is 5.73 Å². The van der Waals surface area contributed by atoms with Gasteiger partial charge in [0.05, 0.1) is 17.4 Å². The minimum Gasteiger partial charge on any atom is -0.323 e. The fourth-order valence-electron chi connectivity index (χ4n) is 1.07. The van der Waals surface area contributed by atoms with Crippen molar-refractivity contribution in [3.05, 3.63) is 22.4 Å². The molecule has 0 saturated heterocycles. The van der Waals surface area contributed by atoms with Crippen LogP contribution in [0.5, 0.6) is 0 Å². The van der Waals surface area contributed by atoms with Gasteiger partial charge in [0.2, 0.25) is 5.91 Å². The maximum Gasteiger partial charge on any atom is 0.241 e. The van der Waals surface area contributed by atoms with Crippen LogP contribution in [0.2, 0.25) is 0 Å². The standard InChI is InChI=1S/C10H14BrN3O/c1-3-7(12)10(15)14-8-4-5-9(11)13-6(8)2/h4-5,7H,3,12H2,1-2H3,(H,14,15). The van der Waals surface area contributed by atoms with Gasteiger partial charge in [0, 0.05) is 0 Å². The lowest BCUT2D eigenvalue weighted by Gasteiger charge is -2.11. The highest BCUT2D eigenvalue weighted by Crippen LogP contribution is 2.16. The topological polar surface area (TPSA) is 68.0 Å². The van der Waals surface area contributed by atoms with Crippen LogP contribution in [-0.2, 0) is 4.79 Å². The van der Waals surface area contributed by atoms with E-state index in [-0.39, 0.29) is 5.91 Å². The summed E-state index contributed by atoms with van der Waals surface area (Å²) in [6.07, 6.45) is 0.620. The van der Waals surface area contributed by atoms with Crippen molar-refractivity contribution in [3.63, 3.8) is 0 Å². The fourth-order valence-corrected chi connectivity index (χ4v) is 1.47. The third kappa shape index (κ3) is 3.28. The summed E-state index contributed by atoms with van der Waals surface area (Å²) in [6, 6.07) is 3.11. The molecule has 1 rings (SSSR count). The highest BCUT2D eigenvalue weighted by Gasteiger charge is 2.12. The fraction of sp³-hybridized carbons (Fsp3) is 0.400. The average molecular weight is 272 g/mol. The van der Waals surface area contributed by atoms with Crippen LogP contribution in [0.4, 0.5) is 5.69 Å². The molecule has 1 aromatic rings. The van der Waals surface area contributed by atoms with Gasteiger partial charge in [-0.15, -0.1) is 0 Å².